The van der Waals surface area contributed by atoms with Crippen molar-refractivity contribution in [2.75, 3.05) is 31.1 Å². The Morgan fingerprint density at radius 2 is 1.56 bits per heavy atom. The SMILES string of the molecule is O=C1CCC(N2C(=O)c3ccc(N4CCN(C(=O)C5CCC6(CCC6)CC5)CC4)cc3C2=O)C(=O)N1. The fourth-order valence-corrected chi connectivity index (χ4v) is 6.75. The van der Waals surface area contributed by atoms with Gasteiger partial charge >= 0.3 is 0 Å². The van der Waals surface area contributed by atoms with Crippen LogP contribution in [0.5, 0.6) is 0 Å². The number of amides is 5. The smallest absolute Gasteiger partial charge is 0.262 e. The molecule has 1 unspecified atom stereocenters. The number of fused-ring (bicyclic) bond motifs is 1. The van der Waals surface area contributed by atoms with Crippen molar-refractivity contribution < 1.29 is 24.0 Å². The average Bonchev–Trinajstić information content (AvgIpc) is 3.12. The molecule has 190 valence electrons. The Balaban J connectivity index is 1.09. The molecule has 9 nitrogen and oxygen atoms in total. The van der Waals surface area contributed by atoms with Crippen LogP contribution in [0.2, 0.25) is 0 Å². The van der Waals surface area contributed by atoms with E-state index in [1.807, 2.05) is 11.0 Å². The number of piperidine rings is 1. The maximum atomic E-state index is 13.1. The molecule has 0 bridgehead atoms. The average molecular weight is 493 g/mol. The van der Waals surface area contributed by atoms with Gasteiger partial charge in [-0.2, -0.15) is 0 Å². The van der Waals surface area contributed by atoms with Gasteiger partial charge in [-0.05, 0) is 68.6 Å². The number of nitrogens with one attached hydrogen (secondary N) is 1. The lowest BCUT2D eigenvalue weighted by Crippen LogP contribution is -2.54. The molecular weight excluding hydrogens is 460 g/mol. The van der Waals surface area contributed by atoms with E-state index in [1.165, 1.54) is 32.1 Å². The summed E-state index contributed by atoms with van der Waals surface area (Å²) < 4.78 is 0. The first kappa shape index (κ1) is 23.2. The summed E-state index contributed by atoms with van der Waals surface area (Å²) in [7, 11) is 0. The number of benzene rings is 1. The molecule has 1 aromatic rings. The molecule has 3 heterocycles. The van der Waals surface area contributed by atoms with Gasteiger partial charge in [0.2, 0.25) is 17.7 Å². The van der Waals surface area contributed by atoms with E-state index in [1.54, 1.807) is 12.1 Å². The van der Waals surface area contributed by atoms with Gasteiger partial charge in [0.1, 0.15) is 6.04 Å². The van der Waals surface area contributed by atoms with Gasteiger partial charge in [-0.25, -0.2) is 0 Å². The van der Waals surface area contributed by atoms with Gasteiger partial charge in [0.15, 0.2) is 0 Å². The van der Waals surface area contributed by atoms with Gasteiger partial charge in [-0.15, -0.1) is 0 Å². The number of anilines is 1. The summed E-state index contributed by atoms with van der Waals surface area (Å²) in [5, 5.41) is 2.22. The van der Waals surface area contributed by atoms with Crippen LogP contribution < -0.4 is 10.2 Å². The lowest BCUT2D eigenvalue weighted by Gasteiger charge is -2.47. The standard InChI is InChI=1S/C27H32N4O5/c32-22-5-4-21(23(33)28-22)31-25(35)19-3-2-18(16-20(19)26(31)36)29-12-14-30(15-13-29)24(34)17-6-10-27(11-7-17)8-1-9-27/h2-3,16-17,21H,1,4-15H2,(H,28,32,33). The molecule has 5 aliphatic rings. The second-order valence-electron chi connectivity index (χ2n) is 11.1. The molecule has 1 aromatic carbocycles. The summed E-state index contributed by atoms with van der Waals surface area (Å²) in [6.45, 7) is 2.63. The molecule has 0 aromatic heterocycles. The van der Waals surface area contributed by atoms with Gasteiger partial charge in [0.05, 0.1) is 11.1 Å². The van der Waals surface area contributed by atoms with E-state index in [0.717, 1.165) is 23.4 Å². The van der Waals surface area contributed by atoms with Crippen molar-refractivity contribution in [1.29, 1.82) is 0 Å². The zero-order valence-electron chi connectivity index (χ0n) is 20.5. The van der Waals surface area contributed by atoms with E-state index in [2.05, 4.69) is 10.2 Å². The molecule has 2 saturated carbocycles. The predicted octanol–water partition coefficient (Wildman–Crippen LogP) is 2.10. The summed E-state index contributed by atoms with van der Waals surface area (Å²) in [5.41, 5.74) is 1.95. The molecule has 9 heteroatoms. The number of rotatable bonds is 3. The van der Waals surface area contributed by atoms with Crippen molar-refractivity contribution in [3.05, 3.63) is 29.3 Å². The molecule has 1 atom stereocenters. The van der Waals surface area contributed by atoms with E-state index in [0.29, 0.717) is 37.5 Å². The third-order valence-electron chi connectivity index (χ3n) is 9.19. The van der Waals surface area contributed by atoms with Crippen LogP contribution in [0.1, 0.15) is 78.5 Å². The first-order chi connectivity index (χ1) is 17.3. The Morgan fingerprint density at radius 1 is 0.861 bits per heavy atom. The minimum Gasteiger partial charge on any atom is -0.368 e. The van der Waals surface area contributed by atoms with Gasteiger partial charge < -0.3 is 9.80 Å². The maximum Gasteiger partial charge on any atom is 0.262 e. The zero-order chi connectivity index (χ0) is 25.0. The molecule has 3 aliphatic heterocycles. The maximum absolute atomic E-state index is 13.1. The highest BCUT2D eigenvalue weighted by Gasteiger charge is 2.45. The van der Waals surface area contributed by atoms with Crippen LogP contribution in [0, 0.1) is 11.3 Å². The lowest BCUT2D eigenvalue weighted by atomic mass is 9.59. The molecule has 2 aliphatic carbocycles. The minimum atomic E-state index is -0.966. The van der Waals surface area contributed by atoms with Crippen LogP contribution in [-0.4, -0.2) is 71.6 Å². The van der Waals surface area contributed by atoms with Gasteiger partial charge in [0, 0.05) is 44.2 Å². The van der Waals surface area contributed by atoms with Gasteiger partial charge in [-0.1, -0.05) is 6.42 Å². The number of hydrogen-bond acceptors (Lipinski definition) is 6. The largest absolute Gasteiger partial charge is 0.368 e. The Morgan fingerprint density at radius 3 is 2.19 bits per heavy atom. The molecule has 0 radical (unpaired) electrons. The van der Waals surface area contributed by atoms with Crippen LogP contribution >= 0.6 is 0 Å². The van der Waals surface area contributed by atoms with Crippen molar-refractivity contribution in [1.82, 2.24) is 15.1 Å². The Hall–Kier alpha value is -3.23. The van der Waals surface area contributed by atoms with E-state index >= 15 is 0 Å². The lowest BCUT2D eigenvalue weighted by molar-refractivity contribution is -0.138. The van der Waals surface area contributed by atoms with E-state index in [-0.39, 0.29) is 29.9 Å². The third kappa shape index (κ3) is 3.79. The summed E-state index contributed by atoms with van der Waals surface area (Å²) in [5.74, 6) is -1.55. The summed E-state index contributed by atoms with van der Waals surface area (Å²) in [6.07, 6.45) is 8.69. The fraction of sp³-hybridized carbons (Fsp3) is 0.593. The number of hydrogen-bond donors (Lipinski definition) is 1. The highest BCUT2D eigenvalue weighted by molar-refractivity contribution is 6.23. The van der Waals surface area contributed by atoms with Crippen molar-refractivity contribution >= 4 is 35.2 Å². The Kier molecular flexibility index (Phi) is 5.61. The quantitative estimate of drug-likeness (QED) is 0.648. The molecule has 1 N–H and O–H groups in total. The number of carbonyl (C=O) groups excluding carboxylic acids is 5. The molecular formula is C27H32N4O5. The van der Waals surface area contributed by atoms with Crippen molar-refractivity contribution in [3.8, 4) is 0 Å². The number of imide groups is 2. The summed E-state index contributed by atoms with van der Waals surface area (Å²) >= 11 is 0. The van der Waals surface area contributed by atoms with E-state index < -0.39 is 29.7 Å². The van der Waals surface area contributed by atoms with E-state index in [4.69, 9.17) is 0 Å². The van der Waals surface area contributed by atoms with Crippen LogP contribution in [0.4, 0.5) is 5.69 Å². The van der Waals surface area contributed by atoms with Crippen molar-refractivity contribution in [2.45, 2.75) is 63.8 Å². The van der Waals surface area contributed by atoms with Crippen LogP contribution in [-0.2, 0) is 14.4 Å². The van der Waals surface area contributed by atoms with Crippen LogP contribution in [0.3, 0.4) is 0 Å². The highest BCUT2D eigenvalue weighted by atomic mass is 16.2. The molecule has 6 rings (SSSR count). The second-order valence-corrected chi connectivity index (χ2v) is 11.1. The first-order valence-corrected chi connectivity index (χ1v) is 13.2. The summed E-state index contributed by atoms with van der Waals surface area (Å²) in [6, 6.07) is 4.23. The molecule has 1 spiro atoms. The van der Waals surface area contributed by atoms with Crippen LogP contribution in [0.15, 0.2) is 18.2 Å². The van der Waals surface area contributed by atoms with Gasteiger partial charge in [0.25, 0.3) is 11.8 Å². The molecule has 2 saturated heterocycles. The number of carbonyl (C=O) groups is 5. The fourth-order valence-electron chi connectivity index (χ4n) is 6.75. The van der Waals surface area contributed by atoms with Crippen molar-refractivity contribution in [3.63, 3.8) is 0 Å². The van der Waals surface area contributed by atoms with E-state index in [9.17, 15) is 24.0 Å². The topological polar surface area (TPSA) is 107 Å². The normalized spacial score (nSPS) is 26.2. The first-order valence-electron chi connectivity index (χ1n) is 13.2. The second kappa shape index (κ2) is 8.71. The number of piperazine rings is 1. The Labute approximate surface area is 210 Å². The number of nitrogens with zero attached hydrogens (tertiary/aromatic N) is 3. The molecule has 5 amide bonds. The predicted molar refractivity (Wildman–Crippen MR) is 130 cm³/mol. The van der Waals surface area contributed by atoms with Gasteiger partial charge in [-0.3, -0.25) is 34.2 Å². The Bertz CT molecular complexity index is 1140. The monoisotopic (exact) mass is 492 g/mol. The molecule has 4 fully saturated rings. The zero-order valence-corrected chi connectivity index (χ0v) is 20.5. The summed E-state index contributed by atoms with van der Waals surface area (Å²) in [4.78, 5) is 68.1. The molecule has 36 heavy (non-hydrogen) atoms. The van der Waals surface area contributed by atoms with Crippen LogP contribution in [0.25, 0.3) is 0 Å². The van der Waals surface area contributed by atoms with Crippen molar-refractivity contribution in [2.24, 2.45) is 11.3 Å². The highest BCUT2D eigenvalue weighted by Crippen LogP contribution is 2.52. The third-order valence-corrected chi connectivity index (χ3v) is 9.19. The minimum absolute atomic E-state index is 0.0970.